The molecule has 2 heterocycles. The smallest absolute Gasteiger partial charge is 0.249 e. The Kier molecular flexibility index (Phi) is 5.65. The Balaban J connectivity index is 1.63. The SMILES string of the molecule is CC(C)C(NC(=O)C(c1ccccc1)c1ccccc1)c1nc(-c2ncn[nH]2)no1. The van der Waals surface area contributed by atoms with Crippen LogP contribution in [0.5, 0.6) is 0 Å². The fourth-order valence-corrected chi connectivity index (χ4v) is 3.31. The van der Waals surface area contributed by atoms with Crippen molar-refractivity contribution >= 4 is 5.91 Å². The lowest BCUT2D eigenvalue weighted by Gasteiger charge is -2.23. The highest BCUT2D eigenvalue weighted by atomic mass is 16.5. The van der Waals surface area contributed by atoms with Gasteiger partial charge in [0.15, 0.2) is 5.82 Å². The zero-order valence-electron chi connectivity index (χ0n) is 16.7. The highest BCUT2D eigenvalue weighted by Crippen LogP contribution is 2.28. The molecule has 8 nitrogen and oxygen atoms in total. The maximum Gasteiger partial charge on any atom is 0.249 e. The van der Waals surface area contributed by atoms with Crippen molar-refractivity contribution in [2.45, 2.75) is 25.8 Å². The molecular formula is C22H22N6O2. The fraction of sp³-hybridized carbons (Fsp3) is 0.227. The van der Waals surface area contributed by atoms with Gasteiger partial charge in [0.25, 0.3) is 0 Å². The molecule has 0 aliphatic rings. The van der Waals surface area contributed by atoms with E-state index in [0.717, 1.165) is 11.1 Å². The van der Waals surface area contributed by atoms with Crippen LogP contribution in [0.15, 0.2) is 71.5 Å². The van der Waals surface area contributed by atoms with E-state index in [0.29, 0.717) is 17.5 Å². The van der Waals surface area contributed by atoms with Gasteiger partial charge in [-0.3, -0.25) is 9.89 Å². The minimum absolute atomic E-state index is 0.0316. The molecule has 0 bridgehead atoms. The molecule has 8 heteroatoms. The topological polar surface area (TPSA) is 110 Å². The molecular weight excluding hydrogens is 380 g/mol. The normalized spacial score (nSPS) is 12.3. The predicted molar refractivity (Wildman–Crippen MR) is 110 cm³/mol. The van der Waals surface area contributed by atoms with E-state index in [4.69, 9.17) is 4.52 Å². The number of carbonyl (C=O) groups excluding carboxylic acids is 1. The van der Waals surface area contributed by atoms with Crippen molar-refractivity contribution in [3.8, 4) is 11.6 Å². The summed E-state index contributed by atoms with van der Waals surface area (Å²) in [5.74, 6) is 0.472. The third-order valence-electron chi connectivity index (χ3n) is 4.83. The van der Waals surface area contributed by atoms with E-state index in [1.54, 1.807) is 0 Å². The van der Waals surface area contributed by atoms with Gasteiger partial charge in [0.2, 0.25) is 17.6 Å². The van der Waals surface area contributed by atoms with E-state index in [-0.39, 0.29) is 11.8 Å². The average molecular weight is 402 g/mol. The van der Waals surface area contributed by atoms with Crippen molar-refractivity contribution < 1.29 is 9.32 Å². The molecule has 0 aliphatic carbocycles. The molecule has 1 unspecified atom stereocenters. The summed E-state index contributed by atoms with van der Waals surface area (Å²) in [5.41, 5.74) is 1.83. The van der Waals surface area contributed by atoms with Crippen LogP contribution in [0.25, 0.3) is 11.6 Å². The van der Waals surface area contributed by atoms with Crippen molar-refractivity contribution in [1.82, 2.24) is 30.6 Å². The zero-order valence-corrected chi connectivity index (χ0v) is 16.7. The van der Waals surface area contributed by atoms with Crippen molar-refractivity contribution in [1.29, 1.82) is 0 Å². The molecule has 0 saturated heterocycles. The van der Waals surface area contributed by atoms with E-state index in [2.05, 4.69) is 30.6 Å². The fourth-order valence-electron chi connectivity index (χ4n) is 3.31. The Morgan fingerprint density at radius 3 is 2.17 bits per heavy atom. The first-order chi connectivity index (χ1) is 14.6. The van der Waals surface area contributed by atoms with Crippen LogP contribution in [0.4, 0.5) is 0 Å². The van der Waals surface area contributed by atoms with Gasteiger partial charge in [-0.05, 0) is 17.0 Å². The lowest BCUT2D eigenvalue weighted by atomic mass is 9.90. The van der Waals surface area contributed by atoms with Crippen molar-refractivity contribution in [3.63, 3.8) is 0 Å². The summed E-state index contributed by atoms with van der Waals surface area (Å²) in [5, 5.41) is 13.6. The maximum absolute atomic E-state index is 13.4. The Morgan fingerprint density at radius 2 is 1.63 bits per heavy atom. The first-order valence-corrected chi connectivity index (χ1v) is 9.73. The summed E-state index contributed by atoms with van der Waals surface area (Å²) in [6.07, 6.45) is 1.37. The molecule has 2 N–H and O–H groups in total. The molecule has 0 spiro atoms. The monoisotopic (exact) mass is 402 g/mol. The minimum Gasteiger partial charge on any atom is -0.343 e. The van der Waals surface area contributed by atoms with Gasteiger partial charge in [-0.25, -0.2) is 4.98 Å². The predicted octanol–water partition coefficient (Wildman–Crippen LogP) is 3.50. The van der Waals surface area contributed by atoms with Crippen LogP contribution < -0.4 is 5.32 Å². The molecule has 2 aromatic heterocycles. The summed E-state index contributed by atoms with van der Waals surface area (Å²) in [4.78, 5) is 21.9. The van der Waals surface area contributed by atoms with E-state index in [1.165, 1.54) is 6.33 Å². The largest absolute Gasteiger partial charge is 0.343 e. The Labute approximate surface area is 173 Å². The molecule has 0 fully saturated rings. The number of benzene rings is 2. The molecule has 2 aromatic carbocycles. The third kappa shape index (κ3) is 4.12. The molecule has 30 heavy (non-hydrogen) atoms. The van der Waals surface area contributed by atoms with Gasteiger partial charge in [0, 0.05) is 0 Å². The van der Waals surface area contributed by atoms with E-state index in [1.807, 2.05) is 74.5 Å². The van der Waals surface area contributed by atoms with Crippen molar-refractivity contribution in [2.24, 2.45) is 5.92 Å². The number of H-pyrrole nitrogens is 1. The third-order valence-corrected chi connectivity index (χ3v) is 4.83. The van der Waals surface area contributed by atoms with E-state index < -0.39 is 12.0 Å². The number of rotatable bonds is 7. The summed E-state index contributed by atoms with van der Waals surface area (Å²) in [6, 6.07) is 19.0. The molecule has 4 aromatic rings. The lowest BCUT2D eigenvalue weighted by molar-refractivity contribution is -0.123. The van der Waals surface area contributed by atoms with Crippen LogP contribution in [0.1, 0.15) is 42.8 Å². The number of hydrogen-bond donors (Lipinski definition) is 2. The van der Waals surface area contributed by atoms with Crippen LogP contribution in [0.2, 0.25) is 0 Å². The Bertz CT molecular complexity index is 1040. The summed E-state index contributed by atoms with van der Waals surface area (Å²) in [6.45, 7) is 3.98. The van der Waals surface area contributed by atoms with Gasteiger partial charge in [0.05, 0.1) is 5.92 Å². The van der Waals surface area contributed by atoms with E-state index >= 15 is 0 Å². The lowest BCUT2D eigenvalue weighted by Crippen LogP contribution is -2.36. The zero-order chi connectivity index (χ0) is 20.9. The average Bonchev–Trinajstić information content (AvgIpc) is 3.45. The first kappa shape index (κ1) is 19.5. The van der Waals surface area contributed by atoms with Crippen LogP contribution in [-0.4, -0.2) is 31.2 Å². The Hall–Kier alpha value is -3.81. The number of amides is 1. The first-order valence-electron chi connectivity index (χ1n) is 9.73. The number of nitrogens with zero attached hydrogens (tertiary/aromatic N) is 4. The van der Waals surface area contributed by atoms with Gasteiger partial charge >= 0.3 is 0 Å². The molecule has 0 aliphatic heterocycles. The molecule has 1 amide bonds. The van der Waals surface area contributed by atoms with Crippen LogP contribution in [-0.2, 0) is 4.79 Å². The second-order valence-electron chi connectivity index (χ2n) is 7.27. The standard InChI is InChI=1S/C22H22N6O2/c1-14(2)18(22-26-20(28-30-22)19-23-13-24-27-19)25-21(29)17(15-9-5-3-6-10-15)16-11-7-4-8-12-16/h3-14,17-18H,1-2H3,(H,25,29)(H,23,24,27). The van der Waals surface area contributed by atoms with Gasteiger partial charge in [0.1, 0.15) is 12.4 Å². The number of aromatic nitrogens is 5. The number of hydrogen-bond acceptors (Lipinski definition) is 6. The molecule has 152 valence electrons. The number of carbonyl (C=O) groups is 1. The van der Waals surface area contributed by atoms with Crippen molar-refractivity contribution in [3.05, 3.63) is 84.0 Å². The maximum atomic E-state index is 13.4. The van der Waals surface area contributed by atoms with Crippen LogP contribution in [0.3, 0.4) is 0 Å². The summed E-state index contributed by atoms with van der Waals surface area (Å²) >= 11 is 0. The number of nitrogens with one attached hydrogen (secondary N) is 2. The van der Waals surface area contributed by atoms with Crippen molar-refractivity contribution in [2.75, 3.05) is 0 Å². The van der Waals surface area contributed by atoms with E-state index in [9.17, 15) is 4.79 Å². The van der Waals surface area contributed by atoms with Gasteiger partial charge in [-0.1, -0.05) is 79.7 Å². The van der Waals surface area contributed by atoms with Gasteiger partial charge < -0.3 is 9.84 Å². The quantitative estimate of drug-likeness (QED) is 0.490. The molecule has 1 atom stereocenters. The Morgan fingerprint density at radius 1 is 1.00 bits per heavy atom. The molecule has 4 rings (SSSR count). The second kappa shape index (κ2) is 8.69. The minimum atomic E-state index is -0.453. The number of aromatic amines is 1. The van der Waals surface area contributed by atoms with Gasteiger partial charge in [-0.2, -0.15) is 10.1 Å². The molecule has 0 saturated carbocycles. The van der Waals surface area contributed by atoms with Gasteiger partial charge in [-0.15, -0.1) is 0 Å². The molecule has 0 radical (unpaired) electrons. The summed E-state index contributed by atoms with van der Waals surface area (Å²) in [7, 11) is 0. The highest BCUT2D eigenvalue weighted by molar-refractivity contribution is 5.87. The second-order valence-corrected chi connectivity index (χ2v) is 7.27. The van der Waals surface area contributed by atoms with Crippen LogP contribution >= 0.6 is 0 Å². The van der Waals surface area contributed by atoms with Crippen LogP contribution in [0, 0.1) is 5.92 Å². The highest BCUT2D eigenvalue weighted by Gasteiger charge is 2.30. The summed E-state index contributed by atoms with van der Waals surface area (Å²) < 4.78 is 5.44.